The summed E-state index contributed by atoms with van der Waals surface area (Å²) in [6.07, 6.45) is 0. The Morgan fingerprint density at radius 1 is 1.04 bits per heavy atom. The van der Waals surface area contributed by atoms with E-state index >= 15 is 0 Å². The number of nitrogen functional groups attached to an aromatic ring is 1. The quantitative estimate of drug-likeness (QED) is 0.676. The molecule has 0 spiro atoms. The van der Waals surface area contributed by atoms with Gasteiger partial charge in [0.25, 0.3) is 0 Å². The molecule has 0 amide bonds. The fourth-order valence-electron chi connectivity index (χ4n) is 2.74. The SMILES string of the molecule is CCOC(=O)c1cc(-c2ccc(-c3ccccc3)cc2)nc(NC)c1N. The van der Waals surface area contributed by atoms with Crippen molar-refractivity contribution in [1.29, 1.82) is 0 Å². The van der Waals surface area contributed by atoms with Gasteiger partial charge in [-0.1, -0.05) is 54.6 Å². The van der Waals surface area contributed by atoms with E-state index in [-0.39, 0.29) is 12.3 Å². The van der Waals surface area contributed by atoms with Crippen molar-refractivity contribution < 1.29 is 9.53 Å². The van der Waals surface area contributed by atoms with E-state index in [2.05, 4.69) is 22.4 Å². The molecule has 3 N–H and O–H groups in total. The van der Waals surface area contributed by atoms with Gasteiger partial charge in [0.15, 0.2) is 5.82 Å². The minimum Gasteiger partial charge on any atom is -0.462 e. The molecule has 0 atom stereocenters. The zero-order valence-corrected chi connectivity index (χ0v) is 14.8. The van der Waals surface area contributed by atoms with Crippen LogP contribution in [0.1, 0.15) is 17.3 Å². The largest absolute Gasteiger partial charge is 0.462 e. The minimum absolute atomic E-state index is 0.288. The van der Waals surface area contributed by atoms with Gasteiger partial charge in [0.05, 0.1) is 23.6 Å². The lowest BCUT2D eigenvalue weighted by molar-refractivity contribution is 0.0527. The van der Waals surface area contributed by atoms with Gasteiger partial charge in [0.2, 0.25) is 0 Å². The second-order valence-corrected chi connectivity index (χ2v) is 5.73. The molecule has 0 bridgehead atoms. The molecule has 0 aliphatic heterocycles. The van der Waals surface area contributed by atoms with Crippen LogP contribution in [0.3, 0.4) is 0 Å². The molecule has 5 heteroatoms. The van der Waals surface area contributed by atoms with E-state index in [1.165, 1.54) is 0 Å². The van der Waals surface area contributed by atoms with Crippen molar-refractivity contribution in [2.24, 2.45) is 0 Å². The number of esters is 1. The highest BCUT2D eigenvalue weighted by Gasteiger charge is 2.17. The van der Waals surface area contributed by atoms with Crippen LogP contribution in [0.2, 0.25) is 0 Å². The molecular formula is C21H21N3O2. The van der Waals surface area contributed by atoms with Crippen LogP contribution in [0.5, 0.6) is 0 Å². The smallest absolute Gasteiger partial charge is 0.340 e. The molecule has 2 aromatic carbocycles. The second kappa shape index (κ2) is 7.70. The maximum atomic E-state index is 12.2. The lowest BCUT2D eigenvalue weighted by Crippen LogP contribution is -2.11. The van der Waals surface area contributed by atoms with Gasteiger partial charge in [-0.25, -0.2) is 9.78 Å². The van der Waals surface area contributed by atoms with E-state index < -0.39 is 5.97 Å². The van der Waals surface area contributed by atoms with Crippen molar-refractivity contribution >= 4 is 17.5 Å². The number of pyridine rings is 1. The topological polar surface area (TPSA) is 77.2 Å². The van der Waals surface area contributed by atoms with Crippen LogP contribution in [0.15, 0.2) is 60.7 Å². The van der Waals surface area contributed by atoms with Crippen LogP contribution in [0.25, 0.3) is 22.4 Å². The average molecular weight is 347 g/mol. The fraction of sp³-hybridized carbons (Fsp3) is 0.143. The van der Waals surface area contributed by atoms with Crippen LogP contribution in [-0.4, -0.2) is 24.6 Å². The zero-order valence-electron chi connectivity index (χ0n) is 14.8. The predicted molar refractivity (Wildman–Crippen MR) is 105 cm³/mol. The maximum absolute atomic E-state index is 12.2. The average Bonchev–Trinajstić information content (AvgIpc) is 2.69. The summed E-state index contributed by atoms with van der Waals surface area (Å²) in [4.78, 5) is 16.7. The summed E-state index contributed by atoms with van der Waals surface area (Å²) in [6.45, 7) is 2.05. The number of hydrogen-bond donors (Lipinski definition) is 2. The molecule has 5 nitrogen and oxygen atoms in total. The van der Waals surface area contributed by atoms with Gasteiger partial charge in [-0.3, -0.25) is 0 Å². The maximum Gasteiger partial charge on any atom is 0.340 e. The highest BCUT2D eigenvalue weighted by molar-refractivity contribution is 5.99. The number of aromatic nitrogens is 1. The standard InChI is InChI=1S/C21H21N3O2/c1-3-26-21(25)17-13-18(24-20(23-2)19(17)22)16-11-9-15(10-12-16)14-7-5-4-6-8-14/h4-13H,3,22H2,1-2H3,(H,23,24). The summed E-state index contributed by atoms with van der Waals surface area (Å²) in [5, 5.41) is 2.94. The van der Waals surface area contributed by atoms with Crippen molar-refractivity contribution in [3.8, 4) is 22.4 Å². The molecule has 0 unspecified atom stereocenters. The first-order chi connectivity index (χ1) is 12.6. The van der Waals surface area contributed by atoms with Crippen LogP contribution in [0.4, 0.5) is 11.5 Å². The molecule has 0 saturated heterocycles. The van der Waals surface area contributed by atoms with Gasteiger partial charge >= 0.3 is 5.97 Å². The van der Waals surface area contributed by atoms with Crippen LogP contribution >= 0.6 is 0 Å². The Kier molecular flexibility index (Phi) is 5.17. The number of ether oxygens (including phenoxy) is 1. The first-order valence-corrected chi connectivity index (χ1v) is 8.45. The van der Waals surface area contributed by atoms with Crippen LogP contribution < -0.4 is 11.1 Å². The van der Waals surface area contributed by atoms with Crippen LogP contribution in [-0.2, 0) is 4.74 Å². The molecule has 3 aromatic rings. The highest BCUT2D eigenvalue weighted by Crippen LogP contribution is 2.29. The number of hydrogen-bond acceptors (Lipinski definition) is 5. The second-order valence-electron chi connectivity index (χ2n) is 5.73. The summed E-state index contributed by atoms with van der Waals surface area (Å²) in [5.41, 5.74) is 10.5. The molecular weight excluding hydrogens is 326 g/mol. The Morgan fingerprint density at radius 3 is 2.27 bits per heavy atom. The molecule has 0 aliphatic rings. The minimum atomic E-state index is -0.453. The van der Waals surface area contributed by atoms with E-state index in [0.717, 1.165) is 16.7 Å². The summed E-state index contributed by atoms with van der Waals surface area (Å²) in [7, 11) is 1.72. The number of nitrogens with one attached hydrogen (secondary N) is 1. The normalized spacial score (nSPS) is 10.4. The number of nitrogens with two attached hydrogens (primary N) is 1. The summed E-state index contributed by atoms with van der Waals surface area (Å²) in [5.74, 6) is 0.00347. The van der Waals surface area contributed by atoms with Crippen molar-refractivity contribution in [1.82, 2.24) is 4.98 Å². The number of nitrogens with zero attached hydrogens (tertiary/aromatic N) is 1. The fourth-order valence-corrected chi connectivity index (χ4v) is 2.74. The lowest BCUT2D eigenvalue weighted by Gasteiger charge is -2.12. The summed E-state index contributed by atoms with van der Waals surface area (Å²) >= 11 is 0. The van der Waals surface area contributed by atoms with Crippen molar-refractivity contribution in [2.45, 2.75) is 6.92 Å². The molecule has 0 radical (unpaired) electrons. The number of carbonyl (C=O) groups excluding carboxylic acids is 1. The highest BCUT2D eigenvalue weighted by atomic mass is 16.5. The zero-order chi connectivity index (χ0) is 18.5. The molecule has 26 heavy (non-hydrogen) atoms. The van der Waals surface area contributed by atoms with Crippen molar-refractivity contribution in [2.75, 3.05) is 24.7 Å². The van der Waals surface area contributed by atoms with E-state index in [1.807, 2.05) is 42.5 Å². The Labute approximate surface area is 152 Å². The summed E-state index contributed by atoms with van der Waals surface area (Å²) in [6, 6.07) is 19.8. The predicted octanol–water partition coefficient (Wildman–Crippen LogP) is 4.22. The van der Waals surface area contributed by atoms with Gasteiger partial charge in [0, 0.05) is 12.6 Å². The third-order valence-electron chi connectivity index (χ3n) is 4.08. The summed E-state index contributed by atoms with van der Waals surface area (Å²) < 4.78 is 5.10. The van der Waals surface area contributed by atoms with E-state index in [1.54, 1.807) is 20.0 Å². The third-order valence-corrected chi connectivity index (χ3v) is 4.08. The van der Waals surface area contributed by atoms with Crippen molar-refractivity contribution in [3.05, 3.63) is 66.2 Å². The third kappa shape index (κ3) is 3.52. The molecule has 1 aromatic heterocycles. The molecule has 3 rings (SSSR count). The lowest BCUT2D eigenvalue weighted by atomic mass is 10.0. The van der Waals surface area contributed by atoms with Crippen molar-refractivity contribution in [3.63, 3.8) is 0 Å². The van der Waals surface area contributed by atoms with Gasteiger partial charge in [0.1, 0.15) is 0 Å². The Bertz CT molecular complexity index is 907. The molecule has 1 heterocycles. The van der Waals surface area contributed by atoms with Gasteiger partial charge in [-0.2, -0.15) is 0 Å². The molecule has 0 saturated carbocycles. The monoisotopic (exact) mass is 347 g/mol. The molecule has 0 fully saturated rings. The number of anilines is 2. The number of carbonyl (C=O) groups is 1. The first-order valence-electron chi connectivity index (χ1n) is 8.45. The van der Waals surface area contributed by atoms with E-state index in [0.29, 0.717) is 17.1 Å². The van der Waals surface area contributed by atoms with Gasteiger partial charge < -0.3 is 15.8 Å². The molecule has 0 aliphatic carbocycles. The van der Waals surface area contributed by atoms with Crippen LogP contribution in [0, 0.1) is 0 Å². The van der Waals surface area contributed by atoms with E-state index in [4.69, 9.17) is 10.5 Å². The first kappa shape index (κ1) is 17.5. The Morgan fingerprint density at radius 2 is 1.65 bits per heavy atom. The molecule has 132 valence electrons. The number of benzene rings is 2. The van der Waals surface area contributed by atoms with Gasteiger partial charge in [-0.05, 0) is 24.1 Å². The van der Waals surface area contributed by atoms with Gasteiger partial charge in [-0.15, -0.1) is 0 Å². The van der Waals surface area contributed by atoms with E-state index in [9.17, 15) is 4.79 Å². The number of rotatable bonds is 5. The Hall–Kier alpha value is -3.34. The Balaban J connectivity index is 2.00.